The molecule has 0 radical (unpaired) electrons. The lowest BCUT2D eigenvalue weighted by atomic mass is 9.95. The Hall–Kier alpha value is -1.56. The molecule has 0 aromatic heterocycles. The first kappa shape index (κ1) is 13.9. The highest BCUT2D eigenvalue weighted by atomic mass is 16.5. The molecule has 0 bridgehead atoms. The molecule has 2 rings (SSSR count). The van der Waals surface area contributed by atoms with Crippen LogP contribution < -0.4 is 10.6 Å². The Kier molecular flexibility index (Phi) is 4.09. The largest absolute Gasteiger partial charge is 0.481 e. The number of ether oxygens (including phenoxy) is 1. The topological polar surface area (TPSA) is 87.7 Å². The minimum absolute atomic E-state index is 0.214. The molecule has 1 aliphatic heterocycles. The highest BCUT2D eigenvalue weighted by molar-refractivity contribution is 5.77. The zero-order valence-electron chi connectivity index (χ0n) is 11.0. The van der Waals surface area contributed by atoms with Crippen molar-refractivity contribution in [1.82, 2.24) is 10.6 Å². The molecular weight excluding hydrogens is 248 g/mol. The van der Waals surface area contributed by atoms with Crippen LogP contribution in [0.1, 0.15) is 26.2 Å². The highest BCUT2D eigenvalue weighted by Gasteiger charge is 2.31. The maximum atomic E-state index is 11.9. The van der Waals surface area contributed by atoms with Crippen molar-refractivity contribution in [2.24, 2.45) is 5.92 Å². The van der Waals surface area contributed by atoms with Crippen LogP contribution in [-0.4, -0.2) is 41.9 Å². The molecule has 0 spiro atoms. The highest BCUT2D eigenvalue weighted by Crippen LogP contribution is 2.20. The van der Waals surface area contributed by atoms with E-state index in [1.165, 1.54) is 0 Å². The number of rotatable bonds is 3. The Morgan fingerprint density at radius 1 is 1.42 bits per heavy atom. The summed E-state index contributed by atoms with van der Waals surface area (Å²) in [7, 11) is 0. The number of hydrogen-bond acceptors (Lipinski definition) is 3. The lowest BCUT2D eigenvalue weighted by Crippen LogP contribution is -2.55. The van der Waals surface area contributed by atoms with Gasteiger partial charge in [-0.05, 0) is 26.2 Å². The molecule has 19 heavy (non-hydrogen) atoms. The molecule has 6 heteroatoms. The summed E-state index contributed by atoms with van der Waals surface area (Å²) in [6, 6.07) is -0.483. The van der Waals surface area contributed by atoms with Crippen LogP contribution >= 0.6 is 0 Å². The molecule has 2 amide bonds. The number of carbonyl (C=O) groups is 2. The van der Waals surface area contributed by atoms with Crippen molar-refractivity contribution < 1.29 is 19.4 Å². The maximum Gasteiger partial charge on any atom is 0.315 e. The second-order valence-electron chi connectivity index (χ2n) is 5.49. The zero-order valence-corrected chi connectivity index (χ0v) is 11.0. The van der Waals surface area contributed by atoms with Crippen LogP contribution in [0.15, 0.2) is 12.2 Å². The van der Waals surface area contributed by atoms with E-state index in [1.54, 1.807) is 12.2 Å². The molecule has 1 saturated heterocycles. The Morgan fingerprint density at radius 3 is 2.79 bits per heavy atom. The van der Waals surface area contributed by atoms with Crippen LogP contribution in [0.3, 0.4) is 0 Å². The minimum atomic E-state index is -0.853. The summed E-state index contributed by atoms with van der Waals surface area (Å²) in [5, 5.41) is 14.6. The number of carbonyl (C=O) groups excluding carboxylic acids is 1. The molecular formula is C13H20N2O4. The number of aliphatic carboxylic acids is 1. The molecule has 106 valence electrons. The Balaban J connectivity index is 1.79. The zero-order chi connectivity index (χ0) is 13.9. The summed E-state index contributed by atoms with van der Waals surface area (Å²) >= 11 is 0. The van der Waals surface area contributed by atoms with Gasteiger partial charge < -0.3 is 20.5 Å². The van der Waals surface area contributed by atoms with Gasteiger partial charge in [-0.25, -0.2) is 4.79 Å². The van der Waals surface area contributed by atoms with Crippen molar-refractivity contribution in [3.05, 3.63) is 12.2 Å². The second kappa shape index (κ2) is 5.61. The van der Waals surface area contributed by atoms with Crippen molar-refractivity contribution in [1.29, 1.82) is 0 Å². The van der Waals surface area contributed by atoms with Crippen LogP contribution in [0.25, 0.3) is 0 Å². The van der Waals surface area contributed by atoms with Crippen LogP contribution in [0.2, 0.25) is 0 Å². The summed E-state index contributed by atoms with van der Waals surface area (Å²) in [6.07, 6.45) is 5.59. The SMILES string of the molecule is CC1(NC(=O)NC2C=CC(C(=O)O)C2)CCCOC1. The fraction of sp³-hybridized carbons (Fsp3) is 0.692. The molecule has 0 aromatic rings. The number of amides is 2. The Labute approximate surface area is 112 Å². The normalized spacial score (nSPS) is 33.9. The fourth-order valence-corrected chi connectivity index (χ4v) is 2.50. The van der Waals surface area contributed by atoms with E-state index in [1.807, 2.05) is 6.92 Å². The second-order valence-corrected chi connectivity index (χ2v) is 5.49. The molecule has 1 fully saturated rings. The summed E-state index contributed by atoms with van der Waals surface area (Å²) < 4.78 is 5.37. The van der Waals surface area contributed by atoms with E-state index in [0.717, 1.165) is 19.4 Å². The van der Waals surface area contributed by atoms with E-state index in [0.29, 0.717) is 13.0 Å². The maximum absolute atomic E-state index is 11.9. The van der Waals surface area contributed by atoms with Crippen molar-refractivity contribution in [2.45, 2.75) is 37.8 Å². The molecule has 0 aromatic carbocycles. The van der Waals surface area contributed by atoms with Gasteiger partial charge in [-0.15, -0.1) is 0 Å². The van der Waals surface area contributed by atoms with Gasteiger partial charge in [0.25, 0.3) is 0 Å². The average Bonchev–Trinajstić information content (AvgIpc) is 2.77. The number of carboxylic acids is 1. The molecule has 2 aliphatic rings. The molecule has 1 heterocycles. The average molecular weight is 268 g/mol. The molecule has 0 saturated carbocycles. The molecule has 1 aliphatic carbocycles. The van der Waals surface area contributed by atoms with Gasteiger partial charge >= 0.3 is 12.0 Å². The Bertz CT molecular complexity index is 388. The van der Waals surface area contributed by atoms with Gasteiger partial charge in [0, 0.05) is 6.61 Å². The molecule has 3 atom stereocenters. The van der Waals surface area contributed by atoms with Crippen LogP contribution in [0.4, 0.5) is 4.79 Å². The van der Waals surface area contributed by atoms with Gasteiger partial charge in [-0.2, -0.15) is 0 Å². The van der Waals surface area contributed by atoms with Crippen molar-refractivity contribution >= 4 is 12.0 Å². The van der Waals surface area contributed by atoms with Crippen molar-refractivity contribution in [3.8, 4) is 0 Å². The van der Waals surface area contributed by atoms with Gasteiger partial charge in [0.2, 0.25) is 0 Å². The minimum Gasteiger partial charge on any atom is -0.481 e. The first-order chi connectivity index (χ1) is 8.98. The lowest BCUT2D eigenvalue weighted by Gasteiger charge is -2.34. The van der Waals surface area contributed by atoms with E-state index in [-0.39, 0.29) is 17.6 Å². The summed E-state index contributed by atoms with van der Waals surface area (Å²) in [5.41, 5.74) is -0.336. The van der Waals surface area contributed by atoms with E-state index in [9.17, 15) is 9.59 Å². The number of urea groups is 1. The molecule has 6 nitrogen and oxygen atoms in total. The van der Waals surface area contributed by atoms with Gasteiger partial charge in [0.05, 0.1) is 24.1 Å². The van der Waals surface area contributed by atoms with Gasteiger partial charge in [-0.1, -0.05) is 12.2 Å². The fourth-order valence-electron chi connectivity index (χ4n) is 2.50. The van der Waals surface area contributed by atoms with Crippen molar-refractivity contribution in [3.63, 3.8) is 0 Å². The predicted molar refractivity (Wildman–Crippen MR) is 68.8 cm³/mol. The van der Waals surface area contributed by atoms with Gasteiger partial charge in [0.15, 0.2) is 0 Å². The van der Waals surface area contributed by atoms with Crippen molar-refractivity contribution in [2.75, 3.05) is 13.2 Å². The van der Waals surface area contributed by atoms with Crippen LogP contribution in [-0.2, 0) is 9.53 Å². The van der Waals surface area contributed by atoms with Crippen LogP contribution in [0, 0.1) is 5.92 Å². The van der Waals surface area contributed by atoms with Gasteiger partial charge in [0.1, 0.15) is 0 Å². The number of carboxylic acid groups (broad SMARTS) is 1. The van der Waals surface area contributed by atoms with E-state index in [4.69, 9.17) is 9.84 Å². The quantitative estimate of drug-likeness (QED) is 0.663. The van der Waals surface area contributed by atoms with E-state index in [2.05, 4.69) is 10.6 Å². The molecule has 3 N–H and O–H groups in total. The third-order valence-corrected chi connectivity index (χ3v) is 3.57. The first-order valence-corrected chi connectivity index (χ1v) is 6.56. The third kappa shape index (κ3) is 3.70. The summed E-state index contributed by atoms with van der Waals surface area (Å²) in [4.78, 5) is 22.7. The summed E-state index contributed by atoms with van der Waals surface area (Å²) in [5.74, 6) is -1.35. The predicted octanol–water partition coefficient (Wildman–Crippen LogP) is 0.884. The lowest BCUT2D eigenvalue weighted by molar-refractivity contribution is -0.140. The monoisotopic (exact) mass is 268 g/mol. The molecule has 3 unspecified atom stereocenters. The van der Waals surface area contributed by atoms with E-state index >= 15 is 0 Å². The number of hydrogen-bond donors (Lipinski definition) is 3. The number of nitrogens with one attached hydrogen (secondary N) is 2. The third-order valence-electron chi connectivity index (χ3n) is 3.57. The smallest absolute Gasteiger partial charge is 0.315 e. The van der Waals surface area contributed by atoms with E-state index < -0.39 is 11.9 Å². The standard InChI is InChI=1S/C13H20N2O4/c1-13(5-2-6-19-8-13)15-12(18)14-10-4-3-9(7-10)11(16)17/h3-4,9-10H,2,5-8H2,1H3,(H,16,17)(H2,14,15,18). The van der Waals surface area contributed by atoms with Gasteiger partial charge in [-0.3, -0.25) is 4.79 Å². The summed E-state index contributed by atoms with van der Waals surface area (Å²) in [6.45, 7) is 3.21. The van der Waals surface area contributed by atoms with Crippen LogP contribution in [0.5, 0.6) is 0 Å². The Morgan fingerprint density at radius 2 is 2.21 bits per heavy atom. The first-order valence-electron chi connectivity index (χ1n) is 6.56.